The Morgan fingerprint density at radius 3 is 2.92 bits per heavy atom. The van der Waals surface area contributed by atoms with Crippen LogP contribution in [0.4, 0.5) is 8.78 Å². The van der Waals surface area contributed by atoms with Crippen LogP contribution >= 0.6 is 0 Å². The molecule has 2 aromatic rings. The van der Waals surface area contributed by atoms with Gasteiger partial charge in [-0.1, -0.05) is 13.0 Å². The van der Waals surface area contributed by atoms with Crippen LogP contribution in [0.5, 0.6) is 0 Å². The molecular weight excluding hydrogens is 326 g/mol. The average molecular weight is 348 g/mol. The van der Waals surface area contributed by atoms with E-state index in [1.165, 1.54) is 12.1 Å². The molecule has 0 radical (unpaired) electrons. The number of carbonyl (C=O) groups excluding carboxylic acids is 1. The van der Waals surface area contributed by atoms with Crippen LogP contribution in [0.25, 0.3) is 0 Å². The van der Waals surface area contributed by atoms with Gasteiger partial charge in [-0.3, -0.25) is 9.48 Å². The van der Waals surface area contributed by atoms with Gasteiger partial charge < -0.3 is 10.6 Å². The van der Waals surface area contributed by atoms with E-state index in [4.69, 9.17) is 0 Å². The Morgan fingerprint density at radius 2 is 2.24 bits per heavy atom. The number of rotatable bonds is 5. The first-order chi connectivity index (χ1) is 12.0. The van der Waals surface area contributed by atoms with E-state index in [0.29, 0.717) is 18.7 Å². The second-order valence-electron chi connectivity index (χ2n) is 6.63. The van der Waals surface area contributed by atoms with Gasteiger partial charge in [0.15, 0.2) is 0 Å². The molecule has 1 unspecified atom stereocenters. The Kier molecular flexibility index (Phi) is 5.13. The maximum Gasteiger partial charge on any atom is 0.225 e. The monoisotopic (exact) mass is 348 g/mol. The zero-order chi connectivity index (χ0) is 18.0. The number of hydrogen-bond donors (Lipinski definition) is 2. The molecule has 2 N–H and O–H groups in total. The summed E-state index contributed by atoms with van der Waals surface area (Å²) in [5.74, 6) is -1.60. The van der Waals surface area contributed by atoms with Crippen molar-refractivity contribution in [3.05, 3.63) is 53.4 Å². The van der Waals surface area contributed by atoms with Gasteiger partial charge >= 0.3 is 0 Å². The van der Waals surface area contributed by atoms with Crippen molar-refractivity contribution in [2.24, 2.45) is 13.0 Å². The Labute approximate surface area is 145 Å². The van der Waals surface area contributed by atoms with Crippen molar-refractivity contribution in [3.63, 3.8) is 0 Å². The van der Waals surface area contributed by atoms with Gasteiger partial charge in [0, 0.05) is 50.8 Å². The molecule has 0 saturated carbocycles. The first-order valence-electron chi connectivity index (χ1n) is 8.37. The number of aryl methyl sites for hydroxylation is 1. The Balaban J connectivity index is 1.61. The molecule has 1 amide bonds. The fraction of sp³-hybridized carbons (Fsp3) is 0.444. The minimum Gasteiger partial charge on any atom is -0.355 e. The summed E-state index contributed by atoms with van der Waals surface area (Å²) >= 11 is 0. The third kappa shape index (κ3) is 3.87. The van der Waals surface area contributed by atoms with Crippen molar-refractivity contribution in [3.8, 4) is 0 Å². The van der Waals surface area contributed by atoms with Gasteiger partial charge in [0.25, 0.3) is 0 Å². The fourth-order valence-electron chi connectivity index (χ4n) is 3.33. The normalized spacial score (nSPS) is 21.3. The fourth-order valence-corrected chi connectivity index (χ4v) is 3.33. The molecule has 1 aliphatic heterocycles. The van der Waals surface area contributed by atoms with E-state index in [2.05, 4.69) is 15.7 Å². The van der Waals surface area contributed by atoms with Gasteiger partial charge in [-0.25, -0.2) is 8.78 Å². The zero-order valence-corrected chi connectivity index (χ0v) is 14.3. The summed E-state index contributed by atoms with van der Waals surface area (Å²) in [6, 6.07) is 3.53. The minimum absolute atomic E-state index is 0.0618. The lowest BCUT2D eigenvalue weighted by Crippen LogP contribution is -2.36. The minimum atomic E-state index is -0.603. The van der Waals surface area contributed by atoms with E-state index >= 15 is 0 Å². The number of aromatic nitrogens is 2. The first kappa shape index (κ1) is 17.5. The molecule has 1 aromatic heterocycles. The number of nitrogens with zero attached hydrogens (tertiary/aromatic N) is 2. The zero-order valence-electron chi connectivity index (χ0n) is 14.3. The second-order valence-corrected chi connectivity index (χ2v) is 6.63. The topological polar surface area (TPSA) is 59.0 Å². The molecular formula is C18H22F2N4O. The molecule has 1 aromatic carbocycles. The summed E-state index contributed by atoms with van der Waals surface area (Å²) in [4.78, 5) is 12.6. The highest BCUT2D eigenvalue weighted by Crippen LogP contribution is 2.28. The van der Waals surface area contributed by atoms with Gasteiger partial charge in [0.1, 0.15) is 11.6 Å². The molecule has 1 saturated heterocycles. The van der Waals surface area contributed by atoms with Crippen molar-refractivity contribution in [1.82, 2.24) is 20.4 Å². The highest BCUT2D eigenvalue weighted by Gasteiger charge is 2.34. The first-order valence-corrected chi connectivity index (χ1v) is 8.37. The van der Waals surface area contributed by atoms with Gasteiger partial charge in [-0.05, 0) is 17.2 Å². The largest absolute Gasteiger partial charge is 0.355 e. The SMILES string of the molecule is CC(CNC(=O)[C@H]1CNC[C@@H]1c1cnn(C)c1)c1ccc(F)cc1F. The van der Waals surface area contributed by atoms with E-state index in [1.54, 1.807) is 10.9 Å². The van der Waals surface area contributed by atoms with E-state index in [-0.39, 0.29) is 23.7 Å². The van der Waals surface area contributed by atoms with Crippen LogP contribution < -0.4 is 10.6 Å². The molecule has 2 heterocycles. The molecule has 7 heteroatoms. The number of amides is 1. The predicted molar refractivity (Wildman–Crippen MR) is 90.1 cm³/mol. The van der Waals surface area contributed by atoms with E-state index < -0.39 is 11.6 Å². The average Bonchev–Trinajstić information content (AvgIpc) is 3.20. The number of halogens is 2. The molecule has 1 aliphatic rings. The lowest BCUT2D eigenvalue weighted by atomic mass is 9.90. The Morgan fingerprint density at radius 1 is 1.44 bits per heavy atom. The van der Waals surface area contributed by atoms with Crippen molar-refractivity contribution < 1.29 is 13.6 Å². The quantitative estimate of drug-likeness (QED) is 0.868. The number of hydrogen-bond acceptors (Lipinski definition) is 3. The molecule has 0 bridgehead atoms. The molecule has 5 nitrogen and oxygen atoms in total. The highest BCUT2D eigenvalue weighted by molar-refractivity contribution is 5.80. The van der Waals surface area contributed by atoms with E-state index in [9.17, 15) is 13.6 Å². The summed E-state index contributed by atoms with van der Waals surface area (Å²) in [6.45, 7) is 3.44. The standard InChI is InChI=1S/C18H22F2N4O/c1-11(14-4-3-13(19)5-17(14)20)6-22-18(25)16-9-21-8-15(16)12-7-23-24(2)10-12/h3-5,7,10-11,15-16,21H,6,8-9H2,1-2H3,(H,22,25)/t11?,15-,16+/m1/s1. The summed E-state index contributed by atoms with van der Waals surface area (Å²) in [5.41, 5.74) is 1.43. The van der Waals surface area contributed by atoms with Gasteiger partial charge in [-0.2, -0.15) is 5.10 Å². The smallest absolute Gasteiger partial charge is 0.225 e. The van der Waals surface area contributed by atoms with Crippen LogP contribution in [-0.4, -0.2) is 35.3 Å². The van der Waals surface area contributed by atoms with Gasteiger partial charge in [0.05, 0.1) is 12.1 Å². The lowest BCUT2D eigenvalue weighted by molar-refractivity contribution is -0.124. The Hall–Kier alpha value is -2.28. The van der Waals surface area contributed by atoms with E-state index in [0.717, 1.165) is 18.2 Å². The molecule has 0 spiro atoms. The summed E-state index contributed by atoms with van der Waals surface area (Å²) in [6.07, 6.45) is 3.71. The van der Waals surface area contributed by atoms with Gasteiger partial charge in [-0.15, -0.1) is 0 Å². The highest BCUT2D eigenvalue weighted by atomic mass is 19.1. The number of carbonyl (C=O) groups is 1. The molecule has 1 fully saturated rings. The third-order valence-electron chi connectivity index (χ3n) is 4.78. The predicted octanol–water partition coefficient (Wildman–Crippen LogP) is 1.92. The van der Waals surface area contributed by atoms with Crippen molar-refractivity contribution in [1.29, 1.82) is 0 Å². The van der Waals surface area contributed by atoms with Crippen LogP contribution in [0, 0.1) is 17.6 Å². The number of nitrogens with one attached hydrogen (secondary N) is 2. The molecule has 0 aliphatic carbocycles. The lowest BCUT2D eigenvalue weighted by Gasteiger charge is -2.19. The Bertz CT molecular complexity index is 761. The number of benzene rings is 1. The summed E-state index contributed by atoms with van der Waals surface area (Å²) in [5, 5.41) is 10.3. The van der Waals surface area contributed by atoms with Crippen molar-refractivity contribution >= 4 is 5.91 Å². The van der Waals surface area contributed by atoms with Crippen molar-refractivity contribution in [2.75, 3.05) is 19.6 Å². The maximum absolute atomic E-state index is 13.8. The van der Waals surface area contributed by atoms with Gasteiger partial charge in [0.2, 0.25) is 5.91 Å². The molecule has 3 atom stereocenters. The van der Waals surface area contributed by atoms with Crippen LogP contribution in [0.15, 0.2) is 30.6 Å². The van der Waals surface area contributed by atoms with Crippen LogP contribution in [0.1, 0.15) is 29.9 Å². The van der Waals surface area contributed by atoms with Crippen LogP contribution in [-0.2, 0) is 11.8 Å². The summed E-state index contributed by atoms with van der Waals surface area (Å²) in [7, 11) is 1.85. The van der Waals surface area contributed by atoms with Crippen LogP contribution in [0.2, 0.25) is 0 Å². The van der Waals surface area contributed by atoms with Crippen LogP contribution in [0.3, 0.4) is 0 Å². The maximum atomic E-state index is 13.8. The van der Waals surface area contributed by atoms with E-state index in [1.807, 2.05) is 20.2 Å². The van der Waals surface area contributed by atoms with Crippen molar-refractivity contribution in [2.45, 2.75) is 18.8 Å². The molecule has 25 heavy (non-hydrogen) atoms. The molecule has 3 rings (SSSR count). The molecule has 134 valence electrons. The third-order valence-corrected chi connectivity index (χ3v) is 4.78. The summed E-state index contributed by atoms with van der Waals surface area (Å²) < 4.78 is 28.6. The second kappa shape index (κ2) is 7.31.